The standard InChI is InChI=1S/C12H8ClN5O2S/c13-12-16-6-9(7-17-12)21(19,20)18-8-1-2-10-11(5-8)15-4-3-14-10/h1-7,18H. The van der Waals surface area contributed by atoms with Crippen LogP contribution in [0.3, 0.4) is 0 Å². The summed E-state index contributed by atoms with van der Waals surface area (Å²) in [6.45, 7) is 0. The third kappa shape index (κ3) is 2.91. The lowest BCUT2D eigenvalue weighted by Crippen LogP contribution is -2.13. The molecule has 0 saturated heterocycles. The normalized spacial score (nSPS) is 11.5. The Labute approximate surface area is 125 Å². The largest absolute Gasteiger partial charge is 0.279 e. The van der Waals surface area contributed by atoms with Crippen LogP contribution in [0.1, 0.15) is 0 Å². The van der Waals surface area contributed by atoms with E-state index in [1.54, 1.807) is 24.4 Å². The summed E-state index contributed by atoms with van der Waals surface area (Å²) in [6.07, 6.45) is 5.38. The van der Waals surface area contributed by atoms with E-state index < -0.39 is 10.0 Å². The van der Waals surface area contributed by atoms with Gasteiger partial charge in [-0.2, -0.15) is 0 Å². The zero-order valence-electron chi connectivity index (χ0n) is 10.4. The fraction of sp³-hybridized carbons (Fsp3) is 0. The maximum Gasteiger partial charge on any atom is 0.264 e. The molecule has 106 valence electrons. The van der Waals surface area contributed by atoms with Crippen LogP contribution < -0.4 is 4.72 Å². The molecular weight excluding hydrogens is 314 g/mol. The molecule has 3 aromatic rings. The van der Waals surface area contributed by atoms with E-state index in [2.05, 4.69) is 24.7 Å². The van der Waals surface area contributed by atoms with Crippen LogP contribution in [-0.2, 0) is 10.0 Å². The molecule has 0 radical (unpaired) electrons. The second kappa shape index (κ2) is 5.23. The van der Waals surface area contributed by atoms with E-state index in [4.69, 9.17) is 11.6 Å². The molecule has 0 spiro atoms. The highest BCUT2D eigenvalue weighted by molar-refractivity contribution is 7.92. The van der Waals surface area contributed by atoms with Gasteiger partial charge in [-0.3, -0.25) is 14.7 Å². The molecule has 0 aliphatic carbocycles. The minimum atomic E-state index is -3.78. The van der Waals surface area contributed by atoms with E-state index >= 15 is 0 Å². The number of nitrogens with one attached hydrogen (secondary N) is 1. The van der Waals surface area contributed by atoms with Gasteiger partial charge in [0.05, 0.1) is 29.1 Å². The number of aromatic nitrogens is 4. The third-order valence-electron chi connectivity index (χ3n) is 2.63. The summed E-state index contributed by atoms with van der Waals surface area (Å²) in [7, 11) is -3.78. The van der Waals surface area contributed by atoms with E-state index in [0.717, 1.165) is 12.4 Å². The molecule has 0 unspecified atom stereocenters. The van der Waals surface area contributed by atoms with Crippen LogP contribution in [0.2, 0.25) is 5.28 Å². The summed E-state index contributed by atoms with van der Waals surface area (Å²) in [6, 6.07) is 4.88. The Morgan fingerprint density at radius 2 is 1.62 bits per heavy atom. The minimum Gasteiger partial charge on any atom is -0.279 e. The quantitative estimate of drug-likeness (QED) is 0.740. The van der Waals surface area contributed by atoms with Crippen LogP contribution in [0.5, 0.6) is 0 Å². The Balaban J connectivity index is 1.95. The van der Waals surface area contributed by atoms with Gasteiger partial charge < -0.3 is 0 Å². The van der Waals surface area contributed by atoms with Crippen molar-refractivity contribution in [1.29, 1.82) is 0 Å². The molecule has 0 aliphatic heterocycles. The number of halogens is 1. The van der Waals surface area contributed by atoms with Crippen molar-refractivity contribution in [3.63, 3.8) is 0 Å². The average molecular weight is 322 g/mol. The molecule has 0 atom stereocenters. The number of hydrogen-bond donors (Lipinski definition) is 1. The van der Waals surface area contributed by atoms with E-state index in [1.165, 1.54) is 6.20 Å². The zero-order valence-corrected chi connectivity index (χ0v) is 12.0. The monoisotopic (exact) mass is 321 g/mol. The van der Waals surface area contributed by atoms with Gasteiger partial charge in [0.25, 0.3) is 10.0 Å². The summed E-state index contributed by atoms with van der Waals surface area (Å²) in [5, 5.41) is -0.0186. The summed E-state index contributed by atoms with van der Waals surface area (Å²) < 4.78 is 26.8. The van der Waals surface area contributed by atoms with E-state index in [-0.39, 0.29) is 10.2 Å². The molecule has 0 aliphatic rings. The van der Waals surface area contributed by atoms with Crippen LogP contribution in [0, 0.1) is 0 Å². The highest BCUT2D eigenvalue weighted by atomic mass is 35.5. The van der Waals surface area contributed by atoms with E-state index in [9.17, 15) is 8.42 Å². The van der Waals surface area contributed by atoms with Crippen LogP contribution >= 0.6 is 11.6 Å². The van der Waals surface area contributed by atoms with Crippen LogP contribution in [0.4, 0.5) is 5.69 Å². The van der Waals surface area contributed by atoms with Gasteiger partial charge in [0, 0.05) is 12.4 Å². The zero-order chi connectivity index (χ0) is 14.9. The molecule has 0 amide bonds. The van der Waals surface area contributed by atoms with Gasteiger partial charge in [0.15, 0.2) is 0 Å². The maximum absolute atomic E-state index is 12.2. The minimum absolute atomic E-state index is 0.0186. The molecule has 7 nitrogen and oxygen atoms in total. The molecule has 0 saturated carbocycles. The van der Waals surface area contributed by atoms with Crippen molar-refractivity contribution in [2.45, 2.75) is 4.90 Å². The molecule has 2 aromatic heterocycles. The molecule has 1 N–H and O–H groups in total. The SMILES string of the molecule is O=S(=O)(Nc1ccc2nccnc2c1)c1cnc(Cl)nc1. The first-order valence-corrected chi connectivity index (χ1v) is 7.62. The molecule has 2 heterocycles. The predicted octanol–water partition coefficient (Wildman–Crippen LogP) is 1.87. The van der Waals surface area contributed by atoms with Gasteiger partial charge in [-0.15, -0.1) is 0 Å². The Morgan fingerprint density at radius 3 is 2.33 bits per heavy atom. The molecule has 3 rings (SSSR count). The fourth-order valence-corrected chi connectivity index (χ4v) is 2.72. The van der Waals surface area contributed by atoms with Crippen molar-refractivity contribution >= 4 is 38.3 Å². The topological polar surface area (TPSA) is 97.7 Å². The highest BCUT2D eigenvalue weighted by Gasteiger charge is 2.15. The lowest BCUT2D eigenvalue weighted by Gasteiger charge is -2.07. The number of hydrogen-bond acceptors (Lipinski definition) is 6. The lowest BCUT2D eigenvalue weighted by molar-refractivity contribution is 0.600. The number of sulfonamides is 1. The van der Waals surface area contributed by atoms with E-state index in [1.807, 2.05) is 0 Å². The predicted molar refractivity (Wildman–Crippen MR) is 77.4 cm³/mol. The van der Waals surface area contributed by atoms with Crippen LogP contribution in [-0.4, -0.2) is 28.4 Å². The van der Waals surface area contributed by atoms with Crippen molar-refractivity contribution in [2.24, 2.45) is 0 Å². The van der Waals surface area contributed by atoms with Crippen molar-refractivity contribution in [2.75, 3.05) is 4.72 Å². The Morgan fingerprint density at radius 1 is 0.952 bits per heavy atom. The Kier molecular flexibility index (Phi) is 3.40. The number of anilines is 1. The van der Waals surface area contributed by atoms with Crippen LogP contribution in [0.15, 0.2) is 47.9 Å². The summed E-state index contributed by atoms with van der Waals surface area (Å²) >= 11 is 5.53. The first-order chi connectivity index (χ1) is 10.0. The van der Waals surface area contributed by atoms with Crippen molar-refractivity contribution in [1.82, 2.24) is 19.9 Å². The first-order valence-electron chi connectivity index (χ1n) is 5.76. The smallest absolute Gasteiger partial charge is 0.264 e. The van der Waals surface area contributed by atoms with Crippen molar-refractivity contribution in [3.05, 3.63) is 48.3 Å². The fourth-order valence-electron chi connectivity index (χ4n) is 1.68. The summed E-state index contributed by atoms with van der Waals surface area (Å²) in [5.41, 5.74) is 1.64. The number of rotatable bonds is 3. The average Bonchev–Trinajstić information content (AvgIpc) is 2.47. The Bertz CT molecular complexity index is 899. The third-order valence-corrected chi connectivity index (χ3v) is 4.16. The van der Waals surface area contributed by atoms with Crippen LogP contribution in [0.25, 0.3) is 11.0 Å². The number of fused-ring (bicyclic) bond motifs is 1. The summed E-state index contributed by atoms with van der Waals surface area (Å²) in [4.78, 5) is 15.5. The molecule has 0 fully saturated rings. The number of nitrogens with zero attached hydrogens (tertiary/aromatic N) is 4. The number of benzene rings is 1. The lowest BCUT2D eigenvalue weighted by atomic mass is 10.3. The molecule has 21 heavy (non-hydrogen) atoms. The molecular formula is C12H8ClN5O2S. The first kappa shape index (κ1) is 13.7. The van der Waals surface area contributed by atoms with Crippen molar-refractivity contribution < 1.29 is 8.42 Å². The molecule has 1 aromatic carbocycles. The Hall–Kier alpha value is -2.32. The van der Waals surface area contributed by atoms with Crippen molar-refractivity contribution in [3.8, 4) is 0 Å². The van der Waals surface area contributed by atoms with Gasteiger partial charge in [0.2, 0.25) is 5.28 Å². The van der Waals surface area contributed by atoms with Gasteiger partial charge in [-0.25, -0.2) is 18.4 Å². The molecule has 0 bridgehead atoms. The highest BCUT2D eigenvalue weighted by Crippen LogP contribution is 2.19. The van der Waals surface area contributed by atoms with Gasteiger partial charge >= 0.3 is 0 Å². The second-order valence-corrected chi connectivity index (χ2v) is 6.07. The van der Waals surface area contributed by atoms with Gasteiger partial charge in [0.1, 0.15) is 4.90 Å². The van der Waals surface area contributed by atoms with Gasteiger partial charge in [-0.05, 0) is 29.8 Å². The molecule has 9 heteroatoms. The van der Waals surface area contributed by atoms with E-state index in [0.29, 0.717) is 16.7 Å². The maximum atomic E-state index is 12.2. The second-order valence-electron chi connectivity index (χ2n) is 4.05. The summed E-state index contributed by atoms with van der Waals surface area (Å²) in [5.74, 6) is 0. The van der Waals surface area contributed by atoms with Gasteiger partial charge in [-0.1, -0.05) is 0 Å².